The first-order valence-corrected chi connectivity index (χ1v) is 6.82. The molecule has 1 aliphatic rings. The minimum atomic E-state index is -4.30. The van der Waals surface area contributed by atoms with Gasteiger partial charge in [-0.05, 0) is 30.5 Å². The summed E-state index contributed by atoms with van der Waals surface area (Å²) in [7, 11) is 0. The van der Waals surface area contributed by atoms with E-state index in [9.17, 15) is 18.0 Å². The smallest absolute Gasteiger partial charge is 0.353 e. The van der Waals surface area contributed by atoms with Crippen LogP contribution in [0.1, 0.15) is 49.7 Å². The molecule has 0 bridgehead atoms. The standard InChI is InChI=1S/C15H18F3NO/c1-10(20)19-14-5-3-2-4-13(14)11-6-8-12(9-7-11)15(16,17)18/h6-9,13-14H,2-5H2,1H3,(H,19,20)/t13-,14-/m0/s1. The Bertz CT molecular complexity index is 467. The van der Waals surface area contributed by atoms with E-state index in [4.69, 9.17) is 0 Å². The summed E-state index contributed by atoms with van der Waals surface area (Å²) in [6, 6.07) is 5.34. The molecule has 0 unspecified atom stereocenters. The number of carbonyl (C=O) groups excluding carboxylic acids is 1. The summed E-state index contributed by atoms with van der Waals surface area (Å²) in [4.78, 5) is 11.2. The zero-order valence-corrected chi connectivity index (χ0v) is 11.3. The lowest BCUT2D eigenvalue weighted by molar-refractivity contribution is -0.137. The molecular weight excluding hydrogens is 267 g/mol. The number of amides is 1. The van der Waals surface area contributed by atoms with Crippen LogP contribution in [-0.4, -0.2) is 11.9 Å². The molecule has 1 aliphatic carbocycles. The van der Waals surface area contributed by atoms with Gasteiger partial charge in [0.15, 0.2) is 0 Å². The van der Waals surface area contributed by atoms with Crippen molar-refractivity contribution in [3.8, 4) is 0 Å². The van der Waals surface area contributed by atoms with Crippen LogP contribution in [0.15, 0.2) is 24.3 Å². The Kier molecular flexibility index (Phi) is 4.35. The molecule has 0 aromatic heterocycles. The van der Waals surface area contributed by atoms with Crippen molar-refractivity contribution < 1.29 is 18.0 Å². The van der Waals surface area contributed by atoms with Gasteiger partial charge in [0.25, 0.3) is 0 Å². The Morgan fingerprint density at radius 3 is 2.30 bits per heavy atom. The molecule has 1 fully saturated rings. The van der Waals surface area contributed by atoms with Gasteiger partial charge in [-0.25, -0.2) is 0 Å². The number of benzene rings is 1. The van der Waals surface area contributed by atoms with Gasteiger partial charge in [0.2, 0.25) is 5.91 Å². The van der Waals surface area contributed by atoms with Gasteiger partial charge < -0.3 is 5.32 Å². The third-order valence-electron chi connectivity index (χ3n) is 3.82. The van der Waals surface area contributed by atoms with Crippen molar-refractivity contribution in [2.75, 3.05) is 0 Å². The molecule has 0 radical (unpaired) electrons. The van der Waals surface area contributed by atoms with Crippen molar-refractivity contribution in [1.82, 2.24) is 5.32 Å². The van der Waals surface area contributed by atoms with Crippen molar-refractivity contribution >= 4 is 5.91 Å². The number of halogens is 3. The van der Waals surface area contributed by atoms with Gasteiger partial charge in [-0.3, -0.25) is 4.79 Å². The third kappa shape index (κ3) is 3.52. The first-order chi connectivity index (χ1) is 9.38. The molecule has 110 valence electrons. The van der Waals surface area contributed by atoms with Crippen molar-refractivity contribution in [3.63, 3.8) is 0 Å². The number of carbonyl (C=O) groups is 1. The molecule has 0 spiro atoms. The zero-order chi connectivity index (χ0) is 14.8. The SMILES string of the molecule is CC(=O)N[C@H]1CCCC[C@H]1c1ccc(C(F)(F)F)cc1. The van der Waals surface area contributed by atoms with Crippen LogP contribution < -0.4 is 5.32 Å². The Balaban J connectivity index is 2.17. The van der Waals surface area contributed by atoms with E-state index in [0.717, 1.165) is 43.4 Å². The van der Waals surface area contributed by atoms with E-state index in [1.165, 1.54) is 19.1 Å². The molecule has 0 heterocycles. The van der Waals surface area contributed by atoms with Crippen LogP contribution in [-0.2, 0) is 11.0 Å². The highest BCUT2D eigenvalue weighted by Gasteiger charge is 2.31. The van der Waals surface area contributed by atoms with Gasteiger partial charge >= 0.3 is 6.18 Å². The summed E-state index contributed by atoms with van der Waals surface area (Å²) in [5.74, 6) is 0.0174. The van der Waals surface area contributed by atoms with Crippen LogP contribution in [0.25, 0.3) is 0 Å². The predicted molar refractivity (Wildman–Crippen MR) is 70.3 cm³/mol. The molecule has 2 rings (SSSR count). The largest absolute Gasteiger partial charge is 0.416 e. The predicted octanol–water partition coefficient (Wildman–Crippen LogP) is 3.87. The number of hydrogen-bond acceptors (Lipinski definition) is 1. The normalized spacial score (nSPS) is 23.4. The molecular formula is C15H18F3NO. The van der Waals surface area contributed by atoms with Gasteiger partial charge in [-0.15, -0.1) is 0 Å². The number of hydrogen-bond donors (Lipinski definition) is 1. The second-order valence-electron chi connectivity index (χ2n) is 5.32. The fraction of sp³-hybridized carbons (Fsp3) is 0.533. The lowest BCUT2D eigenvalue weighted by Gasteiger charge is -2.32. The van der Waals surface area contributed by atoms with E-state index < -0.39 is 11.7 Å². The summed E-state index contributed by atoms with van der Waals surface area (Å²) in [6.45, 7) is 1.47. The van der Waals surface area contributed by atoms with E-state index in [1.54, 1.807) is 0 Å². The Hall–Kier alpha value is -1.52. The van der Waals surface area contributed by atoms with Crippen LogP contribution in [0.4, 0.5) is 13.2 Å². The summed E-state index contributed by atoms with van der Waals surface area (Å²) in [5.41, 5.74) is 0.240. The molecule has 2 atom stereocenters. The van der Waals surface area contributed by atoms with E-state index >= 15 is 0 Å². The van der Waals surface area contributed by atoms with Crippen LogP contribution in [0.3, 0.4) is 0 Å². The molecule has 1 aromatic rings. The second-order valence-corrected chi connectivity index (χ2v) is 5.32. The highest BCUT2D eigenvalue weighted by molar-refractivity contribution is 5.73. The highest BCUT2D eigenvalue weighted by Crippen LogP contribution is 2.35. The fourth-order valence-electron chi connectivity index (χ4n) is 2.88. The molecule has 1 aromatic carbocycles. The summed E-state index contributed by atoms with van der Waals surface area (Å²) < 4.78 is 37.7. The highest BCUT2D eigenvalue weighted by atomic mass is 19.4. The average molecular weight is 285 g/mol. The number of rotatable bonds is 2. The molecule has 20 heavy (non-hydrogen) atoms. The van der Waals surface area contributed by atoms with E-state index in [0.29, 0.717) is 0 Å². The minimum Gasteiger partial charge on any atom is -0.353 e. The summed E-state index contributed by atoms with van der Waals surface area (Å²) >= 11 is 0. The zero-order valence-electron chi connectivity index (χ0n) is 11.3. The number of alkyl halides is 3. The maximum absolute atomic E-state index is 12.6. The van der Waals surface area contributed by atoms with Crippen molar-refractivity contribution in [2.45, 2.75) is 50.7 Å². The first-order valence-electron chi connectivity index (χ1n) is 6.82. The molecule has 0 aliphatic heterocycles. The molecule has 2 nitrogen and oxygen atoms in total. The van der Waals surface area contributed by atoms with Crippen LogP contribution in [0.2, 0.25) is 0 Å². The average Bonchev–Trinajstić information content (AvgIpc) is 2.38. The minimum absolute atomic E-state index is 0.0259. The van der Waals surface area contributed by atoms with Gasteiger partial charge in [0.05, 0.1) is 5.56 Å². The van der Waals surface area contributed by atoms with Crippen LogP contribution in [0.5, 0.6) is 0 Å². The van der Waals surface area contributed by atoms with Gasteiger partial charge in [-0.1, -0.05) is 25.0 Å². The fourth-order valence-corrected chi connectivity index (χ4v) is 2.88. The molecule has 5 heteroatoms. The summed E-state index contributed by atoms with van der Waals surface area (Å²) in [5, 5.41) is 2.91. The van der Waals surface area contributed by atoms with Crippen LogP contribution >= 0.6 is 0 Å². The maximum Gasteiger partial charge on any atom is 0.416 e. The van der Waals surface area contributed by atoms with Gasteiger partial charge in [-0.2, -0.15) is 13.2 Å². The molecule has 0 saturated heterocycles. The Morgan fingerprint density at radius 2 is 1.75 bits per heavy atom. The first kappa shape index (κ1) is 14.9. The Labute approximate surface area is 116 Å². The van der Waals surface area contributed by atoms with Crippen molar-refractivity contribution in [1.29, 1.82) is 0 Å². The lowest BCUT2D eigenvalue weighted by atomic mass is 9.80. The van der Waals surface area contributed by atoms with Gasteiger partial charge in [0, 0.05) is 18.9 Å². The van der Waals surface area contributed by atoms with E-state index in [1.807, 2.05) is 0 Å². The van der Waals surface area contributed by atoms with Crippen molar-refractivity contribution in [3.05, 3.63) is 35.4 Å². The third-order valence-corrected chi connectivity index (χ3v) is 3.82. The topological polar surface area (TPSA) is 29.1 Å². The maximum atomic E-state index is 12.6. The van der Waals surface area contributed by atoms with E-state index in [2.05, 4.69) is 5.32 Å². The second kappa shape index (κ2) is 5.85. The van der Waals surface area contributed by atoms with Crippen LogP contribution in [0, 0.1) is 0 Å². The monoisotopic (exact) mass is 285 g/mol. The number of nitrogens with one attached hydrogen (secondary N) is 1. The van der Waals surface area contributed by atoms with E-state index in [-0.39, 0.29) is 17.9 Å². The molecule has 1 saturated carbocycles. The van der Waals surface area contributed by atoms with Crippen molar-refractivity contribution in [2.24, 2.45) is 0 Å². The molecule has 1 N–H and O–H groups in total. The quantitative estimate of drug-likeness (QED) is 0.878. The molecule has 1 amide bonds. The van der Waals surface area contributed by atoms with Gasteiger partial charge in [0.1, 0.15) is 0 Å². The lowest BCUT2D eigenvalue weighted by Crippen LogP contribution is -2.39. The summed E-state index contributed by atoms with van der Waals surface area (Å²) in [6.07, 6.45) is -0.437. The Morgan fingerprint density at radius 1 is 1.15 bits per heavy atom.